The summed E-state index contributed by atoms with van der Waals surface area (Å²) in [6.07, 6.45) is 4.19. The molecule has 0 aliphatic carbocycles. The number of hydrogen-bond donors (Lipinski definition) is 0. The standard InChI is InChI=1S/C35H38N4O4/c1-37(2)24-31-22-28(11-12-32(31)42-4)35(41)39-16-15-38(3)34(40)27-8-5-7-25(19-27)20-30-21-26(29-9-6-14-36-23-29)10-13-33(30)43-18-17-39/h5-14,19,21-23H,15-18,20,24H2,1-4H3. The van der Waals surface area contributed by atoms with Crippen LogP contribution in [0.2, 0.25) is 0 Å². The number of aromatic nitrogens is 1. The van der Waals surface area contributed by atoms with Gasteiger partial charge < -0.3 is 24.2 Å². The van der Waals surface area contributed by atoms with Crippen molar-refractivity contribution in [3.63, 3.8) is 0 Å². The highest BCUT2D eigenvalue weighted by molar-refractivity contribution is 5.95. The Morgan fingerprint density at radius 3 is 2.56 bits per heavy atom. The summed E-state index contributed by atoms with van der Waals surface area (Å²) in [6.45, 7) is 2.07. The molecule has 0 atom stereocenters. The summed E-state index contributed by atoms with van der Waals surface area (Å²) in [5.41, 5.74) is 6.19. The Labute approximate surface area is 253 Å². The van der Waals surface area contributed by atoms with Gasteiger partial charge in [0.05, 0.1) is 13.7 Å². The highest BCUT2D eigenvalue weighted by atomic mass is 16.5. The lowest BCUT2D eigenvalue weighted by atomic mass is 9.98. The van der Waals surface area contributed by atoms with Crippen LogP contribution in [-0.2, 0) is 13.0 Å². The van der Waals surface area contributed by atoms with Gasteiger partial charge in [-0.05, 0) is 79.3 Å². The van der Waals surface area contributed by atoms with Gasteiger partial charge in [-0.2, -0.15) is 0 Å². The van der Waals surface area contributed by atoms with E-state index < -0.39 is 0 Å². The van der Waals surface area contributed by atoms with Crippen LogP contribution in [0.25, 0.3) is 11.1 Å². The number of carbonyl (C=O) groups excluding carboxylic acids is 2. The molecule has 5 rings (SSSR count). The molecule has 222 valence electrons. The number of carbonyl (C=O) groups is 2. The summed E-state index contributed by atoms with van der Waals surface area (Å²) in [4.78, 5) is 37.0. The fourth-order valence-corrected chi connectivity index (χ4v) is 5.34. The van der Waals surface area contributed by atoms with Crippen molar-refractivity contribution in [3.8, 4) is 22.6 Å². The highest BCUT2D eigenvalue weighted by Crippen LogP contribution is 2.29. The predicted molar refractivity (Wildman–Crippen MR) is 168 cm³/mol. The van der Waals surface area contributed by atoms with Gasteiger partial charge in [-0.25, -0.2) is 0 Å². The summed E-state index contributed by atoms with van der Waals surface area (Å²) in [5.74, 6) is 1.30. The molecule has 2 bridgehead atoms. The molecule has 1 aromatic heterocycles. The third-order valence-corrected chi connectivity index (χ3v) is 7.60. The number of amides is 2. The average molecular weight is 579 g/mol. The van der Waals surface area contributed by atoms with Crippen molar-refractivity contribution >= 4 is 11.8 Å². The van der Waals surface area contributed by atoms with Crippen molar-refractivity contribution in [2.75, 3.05) is 54.5 Å². The SMILES string of the molecule is COc1ccc(C(=O)N2CCOc3ccc(-c4cccnc4)cc3Cc3cccc(c3)C(=O)N(C)CC2)cc1CN(C)C. The van der Waals surface area contributed by atoms with E-state index in [4.69, 9.17) is 9.47 Å². The minimum atomic E-state index is -0.117. The van der Waals surface area contributed by atoms with Gasteiger partial charge in [0.15, 0.2) is 0 Å². The van der Waals surface area contributed by atoms with Crippen LogP contribution in [0, 0.1) is 0 Å². The van der Waals surface area contributed by atoms with Crippen LogP contribution in [0.4, 0.5) is 0 Å². The van der Waals surface area contributed by atoms with Crippen molar-refractivity contribution < 1.29 is 19.1 Å². The largest absolute Gasteiger partial charge is 0.496 e. The minimum Gasteiger partial charge on any atom is -0.496 e. The van der Waals surface area contributed by atoms with E-state index in [2.05, 4.69) is 11.1 Å². The average Bonchev–Trinajstić information content (AvgIpc) is 3.02. The number of pyridine rings is 1. The van der Waals surface area contributed by atoms with Crippen LogP contribution in [0.1, 0.15) is 37.4 Å². The van der Waals surface area contributed by atoms with Gasteiger partial charge in [0, 0.05) is 67.8 Å². The van der Waals surface area contributed by atoms with Gasteiger partial charge >= 0.3 is 0 Å². The van der Waals surface area contributed by atoms with Crippen LogP contribution in [-0.4, -0.2) is 86.0 Å². The Bertz CT molecular complexity index is 1590. The Kier molecular flexibility index (Phi) is 9.37. The van der Waals surface area contributed by atoms with Crippen LogP contribution >= 0.6 is 0 Å². The van der Waals surface area contributed by atoms with Gasteiger partial charge in [-0.3, -0.25) is 14.6 Å². The van der Waals surface area contributed by atoms with Crippen LogP contribution in [0.15, 0.2) is 85.2 Å². The van der Waals surface area contributed by atoms with E-state index in [1.807, 2.05) is 85.9 Å². The topological polar surface area (TPSA) is 75.2 Å². The second kappa shape index (κ2) is 13.5. The normalized spacial score (nSPS) is 14.1. The molecule has 0 spiro atoms. The van der Waals surface area contributed by atoms with E-state index >= 15 is 0 Å². The van der Waals surface area contributed by atoms with E-state index in [9.17, 15) is 9.59 Å². The molecule has 8 nitrogen and oxygen atoms in total. The van der Waals surface area contributed by atoms with Gasteiger partial charge in [-0.1, -0.05) is 24.3 Å². The van der Waals surface area contributed by atoms with Gasteiger partial charge in [-0.15, -0.1) is 0 Å². The fourth-order valence-electron chi connectivity index (χ4n) is 5.34. The van der Waals surface area contributed by atoms with Crippen LogP contribution in [0.3, 0.4) is 0 Å². The Morgan fingerprint density at radius 1 is 0.953 bits per heavy atom. The van der Waals surface area contributed by atoms with Crippen molar-refractivity contribution in [3.05, 3.63) is 113 Å². The number of nitrogens with zero attached hydrogens (tertiary/aromatic N) is 4. The maximum atomic E-state index is 13.9. The maximum Gasteiger partial charge on any atom is 0.254 e. The lowest BCUT2D eigenvalue weighted by Gasteiger charge is -2.27. The van der Waals surface area contributed by atoms with Gasteiger partial charge in [0.2, 0.25) is 0 Å². The third kappa shape index (κ3) is 7.21. The molecule has 0 saturated carbocycles. The first-order valence-electron chi connectivity index (χ1n) is 14.4. The second-order valence-corrected chi connectivity index (χ2v) is 11.1. The van der Waals surface area contributed by atoms with Crippen molar-refractivity contribution in [2.45, 2.75) is 13.0 Å². The van der Waals surface area contributed by atoms with Crippen LogP contribution in [0.5, 0.6) is 11.5 Å². The molecule has 43 heavy (non-hydrogen) atoms. The number of methoxy groups -OCH3 is 1. The van der Waals surface area contributed by atoms with E-state index in [1.54, 1.807) is 36.2 Å². The molecule has 8 heteroatoms. The molecule has 2 heterocycles. The first-order valence-corrected chi connectivity index (χ1v) is 14.4. The van der Waals surface area contributed by atoms with E-state index in [1.165, 1.54) is 0 Å². The lowest BCUT2D eigenvalue weighted by molar-refractivity contribution is 0.0668. The maximum absolute atomic E-state index is 13.9. The summed E-state index contributed by atoms with van der Waals surface area (Å²) in [6, 6.07) is 23.3. The quantitative estimate of drug-likeness (QED) is 0.331. The minimum absolute atomic E-state index is 0.0791. The molecular weight excluding hydrogens is 540 g/mol. The number of fused-ring (bicyclic) bond motifs is 3. The summed E-state index contributed by atoms with van der Waals surface area (Å²) >= 11 is 0. The first kappa shape index (κ1) is 29.8. The number of ether oxygens (including phenoxy) is 2. The summed E-state index contributed by atoms with van der Waals surface area (Å²) < 4.78 is 11.9. The highest BCUT2D eigenvalue weighted by Gasteiger charge is 2.21. The molecule has 0 radical (unpaired) electrons. The van der Waals surface area contributed by atoms with E-state index in [0.717, 1.165) is 39.3 Å². The van der Waals surface area contributed by atoms with Crippen molar-refractivity contribution in [2.24, 2.45) is 0 Å². The van der Waals surface area contributed by atoms with Gasteiger partial charge in [0.1, 0.15) is 18.1 Å². The molecule has 0 saturated heterocycles. The van der Waals surface area contributed by atoms with Crippen molar-refractivity contribution in [1.82, 2.24) is 19.7 Å². The number of hydrogen-bond acceptors (Lipinski definition) is 6. The summed E-state index contributed by atoms with van der Waals surface area (Å²) in [5, 5.41) is 0. The third-order valence-electron chi connectivity index (χ3n) is 7.60. The van der Waals surface area contributed by atoms with Gasteiger partial charge in [0.25, 0.3) is 11.8 Å². The number of likely N-dealkylation sites (N-methyl/N-ethyl adjacent to an activating group) is 1. The second-order valence-electron chi connectivity index (χ2n) is 11.1. The van der Waals surface area contributed by atoms with Crippen molar-refractivity contribution in [1.29, 1.82) is 0 Å². The molecular formula is C35H38N4O4. The smallest absolute Gasteiger partial charge is 0.254 e. The zero-order valence-electron chi connectivity index (χ0n) is 25.2. The molecule has 0 unspecified atom stereocenters. The summed E-state index contributed by atoms with van der Waals surface area (Å²) in [7, 11) is 7.37. The molecule has 0 N–H and O–H groups in total. The van der Waals surface area contributed by atoms with E-state index in [0.29, 0.717) is 50.3 Å². The molecule has 3 aromatic carbocycles. The zero-order chi connectivity index (χ0) is 30.3. The fraction of sp³-hybridized carbons (Fsp3) is 0.286. The zero-order valence-corrected chi connectivity index (χ0v) is 25.2. The van der Waals surface area contributed by atoms with E-state index in [-0.39, 0.29) is 11.8 Å². The lowest BCUT2D eigenvalue weighted by Crippen LogP contribution is -2.41. The molecule has 1 aliphatic rings. The molecule has 0 fully saturated rings. The number of rotatable bonds is 5. The first-order chi connectivity index (χ1) is 20.8. The molecule has 4 aromatic rings. The van der Waals surface area contributed by atoms with Crippen LogP contribution < -0.4 is 9.47 Å². The Balaban J connectivity index is 1.47. The predicted octanol–water partition coefficient (Wildman–Crippen LogP) is 5.02. The monoisotopic (exact) mass is 578 g/mol. The Morgan fingerprint density at radius 2 is 1.79 bits per heavy atom. The Hall–Kier alpha value is -4.69. The number of benzene rings is 3. The molecule has 2 amide bonds. The molecule has 1 aliphatic heterocycles.